The van der Waals surface area contributed by atoms with Gasteiger partial charge in [-0.15, -0.1) is 0 Å². The topological polar surface area (TPSA) is 24.9 Å². The summed E-state index contributed by atoms with van der Waals surface area (Å²) in [5, 5.41) is 3.49. The summed E-state index contributed by atoms with van der Waals surface area (Å²) >= 11 is 0. The van der Waals surface area contributed by atoms with Gasteiger partial charge >= 0.3 is 0 Å². The molecule has 0 unspecified atom stereocenters. The second-order valence-electron chi connectivity index (χ2n) is 4.29. The number of fused-ring (bicyclic) bond motifs is 1. The van der Waals surface area contributed by atoms with E-state index in [0.29, 0.717) is 6.04 Å². The predicted molar refractivity (Wildman–Crippen MR) is 59.6 cm³/mol. The lowest BCUT2D eigenvalue weighted by Gasteiger charge is -2.20. The molecule has 1 aliphatic rings. The van der Waals surface area contributed by atoms with Gasteiger partial charge in [0.2, 0.25) is 0 Å². The lowest BCUT2D eigenvalue weighted by Crippen LogP contribution is -2.15. The fourth-order valence-corrected chi connectivity index (χ4v) is 2.07. The minimum absolute atomic E-state index is 0.503. The Morgan fingerprint density at radius 2 is 2.07 bits per heavy atom. The van der Waals surface area contributed by atoms with E-state index in [0.717, 1.165) is 6.42 Å². The zero-order chi connectivity index (χ0) is 9.97. The molecule has 2 nitrogen and oxygen atoms in total. The first-order valence-corrected chi connectivity index (χ1v) is 5.50. The molecule has 1 N–H and O–H groups in total. The van der Waals surface area contributed by atoms with Crippen LogP contribution in [0.1, 0.15) is 37.9 Å². The zero-order valence-corrected chi connectivity index (χ0v) is 9.01. The van der Waals surface area contributed by atoms with Gasteiger partial charge in [0.05, 0.1) is 0 Å². The summed E-state index contributed by atoms with van der Waals surface area (Å²) in [6.45, 7) is 4.35. The SMILES string of the molecule is CC(C)Nc1ccnc2c1CCCC2. The Balaban J connectivity index is 2.30. The van der Waals surface area contributed by atoms with E-state index in [2.05, 4.69) is 30.2 Å². The summed E-state index contributed by atoms with van der Waals surface area (Å²) in [5.41, 5.74) is 4.05. The number of hydrogen-bond donors (Lipinski definition) is 1. The molecule has 2 heteroatoms. The fourth-order valence-electron chi connectivity index (χ4n) is 2.07. The Labute approximate surface area is 85.7 Å². The second kappa shape index (κ2) is 3.99. The van der Waals surface area contributed by atoms with Crippen LogP contribution in [0.3, 0.4) is 0 Å². The van der Waals surface area contributed by atoms with Crippen molar-refractivity contribution in [3.8, 4) is 0 Å². The average Bonchev–Trinajstić information content (AvgIpc) is 2.18. The number of nitrogens with one attached hydrogen (secondary N) is 1. The lowest BCUT2D eigenvalue weighted by atomic mass is 9.94. The Bertz CT molecular complexity index is 318. The first kappa shape index (κ1) is 9.50. The van der Waals surface area contributed by atoms with Crippen LogP contribution in [0.2, 0.25) is 0 Å². The molecule has 0 radical (unpaired) electrons. The molecule has 0 fully saturated rings. The molecule has 1 aliphatic carbocycles. The van der Waals surface area contributed by atoms with Gasteiger partial charge in [0.1, 0.15) is 0 Å². The van der Waals surface area contributed by atoms with Gasteiger partial charge < -0.3 is 5.32 Å². The Morgan fingerprint density at radius 3 is 2.86 bits per heavy atom. The molecular formula is C12H18N2. The standard InChI is InChI=1S/C12H18N2/c1-9(2)14-12-7-8-13-11-6-4-3-5-10(11)12/h7-9H,3-6H2,1-2H3,(H,13,14). The molecule has 1 heterocycles. The number of rotatable bonds is 2. The molecule has 2 rings (SSSR count). The van der Waals surface area contributed by atoms with Gasteiger partial charge in [0.25, 0.3) is 0 Å². The molecule has 1 aromatic heterocycles. The summed E-state index contributed by atoms with van der Waals surface area (Å²) in [7, 11) is 0. The minimum atomic E-state index is 0.503. The monoisotopic (exact) mass is 190 g/mol. The Hall–Kier alpha value is -1.05. The van der Waals surface area contributed by atoms with Crippen LogP contribution >= 0.6 is 0 Å². The number of pyridine rings is 1. The quantitative estimate of drug-likeness (QED) is 0.775. The summed E-state index contributed by atoms with van der Waals surface area (Å²) in [5.74, 6) is 0. The van der Waals surface area contributed by atoms with Crippen molar-refractivity contribution in [1.82, 2.24) is 4.98 Å². The van der Waals surface area contributed by atoms with Crippen LogP contribution in [-0.4, -0.2) is 11.0 Å². The number of aryl methyl sites for hydroxylation is 1. The van der Waals surface area contributed by atoms with Crippen LogP contribution in [0.25, 0.3) is 0 Å². The fraction of sp³-hybridized carbons (Fsp3) is 0.583. The molecule has 0 aliphatic heterocycles. The van der Waals surface area contributed by atoms with Crippen molar-refractivity contribution in [3.63, 3.8) is 0 Å². The first-order chi connectivity index (χ1) is 6.77. The minimum Gasteiger partial charge on any atom is -0.383 e. The van der Waals surface area contributed by atoms with Gasteiger partial charge in [-0.05, 0) is 51.2 Å². The third-order valence-corrected chi connectivity index (χ3v) is 2.68. The summed E-state index contributed by atoms with van der Waals surface area (Å²) in [6, 6.07) is 2.60. The van der Waals surface area contributed by atoms with Gasteiger partial charge in [-0.25, -0.2) is 0 Å². The normalized spacial score (nSPS) is 15.4. The largest absolute Gasteiger partial charge is 0.383 e. The van der Waals surface area contributed by atoms with Gasteiger partial charge in [-0.3, -0.25) is 4.98 Å². The number of nitrogens with zero attached hydrogens (tertiary/aromatic N) is 1. The zero-order valence-electron chi connectivity index (χ0n) is 9.01. The lowest BCUT2D eigenvalue weighted by molar-refractivity contribution is 0.667. The molecule has 0 saturated carbocycles. The van der Waals surface area contributed by atoms with Crippen LogP contribution in [0.5, 0.6) is 0 Å². The van der Waals surface area contributed by atoms with Crippen LogP contribution < -0.4 is 5.32 Å². The highest BCUT2D eigenvalue weighted by Gasteiger charge is 2.13. The van der Waals surface area contributed by atoms with E-state index in [1.165, 1.54) is 36.2 Å². The van der Waals surface area contributed by atoms with Crippen molar-refractivity contribution in [1.29, 1.82) is 0 Å². The van der Waals surface area contributed by atoms with E-state index in [4.69, 9.17) is 0 Å². The predicted octanol–water partition coefficient (Wildman–Crippen LogP) is 2.78. The van der Waals surface area contributed by atoms with Crippen molar-refractivity contribution in [2.75, 3.05) is 5.32 Å². The van der Waals surface area contributed by atoms with Crippen molar-refractivity contribution >= 4 is 5.69 Å². The van der Waals surface area contributed by atoms with Crippen LogP contribution in [0, 0.1) is 0 Å². The molecule has 0 spiro atoms. The van der Waals surface area contributed by atoms with E-state index >= 15 is 0 Å². The molecule has 14 heavy (non-hydrogen) atoms. The molecular weight excluding hydrogens is 172 g/mol. The van der Waals surface area contributed by atoms with Gasteiger partial charge in [0, 0.05) is 23.6 Å². The first-order valence-electron chi connectivity index (χ1n) is 5.50. The number of aromatic nitrogens is 1. The van der Waals surface area contributed by atoms with E-state index in [1.807, 2.05) is 6.20 Å². The Morgan fingerprint density at radius 1 is 1.29 bits per heavy atom. The maximum absolute atomic E-state index is 4.45. The molecule has 76 valence electrons. The van der Waals surface area contributed by atoms with Gasteiger partial charge in [-0.2, -0.15) is 0 Å². The second-order valence-corrected chi connectivity index (χ2v) is 4.29. The van der Waals surface area contributed by atoms with Crippen LogP contribution in [0.15, 0.2) is 12.3 Å². The third-order valence-electron chi connectivity index (χ3n) is 2.68. The third kappa shape index (κ3) is 1.89. The molecule has 0 amide bonds. The van der Waals surface area contributed by atoms with Crippen LogP contribution in [-0.2, 0) is 12.8 Å². The molecule has 0 aromatic carbocycles. The van der Waals surface area contributed by atoms with E-state index in [-0.39, 0.29) is 0 Å². The molecule has 0 atom stereocenters. The van der Waals surface area contributed by atoms with Crippen LogP contribution in [0.4, 0.5) is 5.69 Å². The van der Waals surface area contributed by atoms with Gasteiger partial charge in [-0.1, -0.05) is 0 Å². The summed E-state index contributed by atoms with van der Waals surface area (Å²) < 4.78 is 0. The van der Waals surface area contributed by atoms with E-state index < -0.39 is 0 Å². The molecule has 1 aromatic rings. The highest BCUT2D eigenvalue weighted by molar-refractivity contribution is 5.53. The highest BCUT2D eigenvalue weighted by Crippen LogP contribution is 2.26. The van der Waals surface area contributed by atoms with E-state index in [1.54, 1.807) is 0 Å². The summed E-state index contributed by atoms with van der Waals surface area (Å²) in [4.78, 5) is 4.45. The van der Waals surface area contributed by atoms with Gasteiger partial charge in [0.15, 0.2) is 0 Å². The molecule has 0 bridgehead atoms. The van der Waals surface area contributed by atoms with Crippen molar-refractivity contribution in [2.45, 2.75) is 45.6 Å². The number of anilines is 1. The average molecular weight is 190 g/mol. The maximum atomic E-state index is 4.45. The van der Waals surface area contributed by atoms with Crippen molar-refractivity contribution in [2.24, 2.45) is 0 Å². The maximum Gasteiger partial charge on any atom is 0.0456 e. The van der Waals surface area contributed by atoms with Crippen molar-refractivity contribution < 1.29 is 0 Å². The summed E-state index contributed by atoms with van der Waals surface area (Å²) in [6.07, 6.45) is 6.88. The smallest absolute Gasteiger partial charge is 0.0456 e. The molecule has 0 saturated heterocycles. The van der Waals surface area contributed by atoms with E-state index in [9.17, 15) is 0 Å². The number of hydrogen-bond acceptors (Lipinski definition) is 2. The highest BCUT2D eigenvalue weighted by atomic mass is 14.9. The van der Waals surface area contributed by atoms with Crippen molar-refractivity contribution in [3.05, 3.63) is 23.5 Å². The Kier molecular flexibility index (Phi) is 2.71.